The van der Waals surface area contributed by atoms with Crippen LogP contribution in [0.5, 0.6) is 0 Å². The van der Waals surface area contributed by atoms with Crippen LogP contribution in [0, 0.1) is 0 Å². The van der Waals surface area contributed by atoms with Crippen LogP contribution >= 0.6 is 0 Å². The fraction of sp³-hybridized carbons (Fsp3) is 0.878. The van der Waals surface area contributed by atoms with Crippen molar-refractivity contribution in [3.8, 4) is 0 Å². The van der Waals surface area contributed by atoms with Crippen molar-refractivity contribution < 1.29 is 25.2 Å². The third-order valence-corrected chi connectivity index (χ3v) is 9.39. The van der Waals surface area contributed by atoms with Gasteiger partial charge >= 0.3 is 0 Å². The predicted molar refractivity (Wildman–Crippen MR) is 201 cm³/mol. The van der Waals surface area contributed by atoms with Gasteiger partial charge in [0.1, 0.15) is 12.2 Å². The summed E-state index contributed by atoms with van der Waals surface area (Å²) in [6.07, 6.45) is 39.1. The topological polar surface area (TPSA) is 110 Å². The molecule has 6 heteroatoms. The van der Waals surface area contributed by atoms with E-state index in [1.54, 1.807) is 0 Å². The van der Waals surface area contributed by atoms with Crippen LogP contribution in [0.1, 0.15) is 200 Å². The summed E-state index contributed by atoms with van der Waals surface area (Å²) in [5.74, 6) is -0.597. The average Bonchev–Trinajstić information content (AvgIpc) is 3.07. The van der Waals surface area contributed by atoms with Gasteiger partial charge in [0.25, 0.3) is 0 Å². The summed E-state index contributed by atoms with van der Waals surface area (Å²) < 4.78 is 0. The molecule has 0 aliphatic carbocycles. The maximum absolute atomic E-state index is 12.5. The number of hydrogen-bond donors (Lipinski definition) is 5. The number of aliphatic hydroxyl groups excluding tert-OH is 4. The number of carbonyl (C=O) groups is 1. The van der Waals surface area contributed by atoms with Gasteiger partial charge in [-0.05, 0) is 51.4 Å². The minimum atomic E-state index is -1.28. The summed E-state index contributed by atoms with van der Waals surface area (Å²) in [5.41, 5.74) is 0. The molecule has 0 aromatic carbocycles. The molecule has 47 heavy (non-hydrogen) atoms. The van der Waals surface area contributed by atoms with Gasteiger partial charge < -0.3 is 25.7 Å². The SMILES string of the molecule is CCCCCCC/C=C/CC/C=C/CCCC(O)C(O)C(CO)NC(=O)C(O)CCCCCCCCCCCCCCCCCCC. The van der Waals surface area contributed by atoms with E-state index in [1.165, 1.54) is 128 Å². The van der Waals surface area contributed by atoms with Gasteiger partial charge in [0, 0.05) is 0 Å². The van der Waals surface area contributed by atoms with Crippen molar-refractivity contribution in [2.45, 2.75) is 224 Å². The number of unbranched alkanes of at least 4 members (excludes halogenated alkanes) is 23. The first kappa shape index (κ1) is 45.8. The highest BCUT2D eigenvalue weighted by atomic mass is 16.3. The largest absolute Gasteiger partial charge is 0.394 e. The molecule has 4 atom stereocenters. The molecule has 6 nitrogen and oxygen atoms in total. The lowest BCUT2D eigenvalue weighted by molar-refractivity contribution is -0.132. The highest BCUT2D eigenvalue weighted by Gasteiger charge is 2.28. The second-order valence-corrected chi connectivity index (χ2v) is 14.0. The van der Waals surface area contributed by atoms with Gasteiger partial charge in [-0.3, -0.25) is 4.79 Å². The molecule has 0 saturated heterocycles. The Balaban J connectivity index is 3.82. The quantitative estimate of drug-likeness (QED) is 0.0338. The Morgan fingerprint density at radius 1 is 0.511 bits per heavy atom. The zero-order valence-corrected chi connectivity index (χ0v) is 31.0. The van der Waals surface area contributed by atoms with E-state index in [9.17, 15) is 25.2 Å². The maximum atomic E-state index is 12.5. The van der Waals surface area contributed by atoms with Crippen LogP contribution in [0.2, 0.25) is 0 Å². The molecule has 1 amide bonds. The van der Waals surface area contributed by atoms with E-state index in [4.69, 9.17) is 0 Å². The number of nitrogens with one attached hydrogen (secondary N) is 1. The van der Waals surface area contributed by atoms with Crippen LogP contribution in [-0.2, 0) is 4.79 Å². The standard InChI is InChI=1S/C41H79NO5/c1-3-5-7-9-11-13-15-17-19-20-21-23-25-27-29-31-33-35-39(45)41(47)42-37(36-43)40(46)38(44)34-32-30-28-26-24-22-18-16-14-12-10-8-6-4-2/h16,18,26,28,37-40,43-46H,3-15,17,19-25,27,29-36H2,1-2H3,(H,42,47)/b18-16+,28-26+. The van der Waals surface area contributed by atoms with Gasteiger partial charge in [-0.1, -0.05) is 173 Å². The second-order valence-electron chi connectivity index (χ2n) is 14.0. The van der Waals surface area contributed by atoms with Crippen molar-refractivity contribution in [2.75, 3.05) is 6.61 Å². The zero-order chi connectivity index (χ0) is 34.6. The van der Waals surface area contributed by atoms with E-state index < -0.39 is 36.9 Å². The maximum Gasteiger partial charge on any atom is 0.249 e. The van der Waals surface area contributed by atoms with Crippen LogP contribution < -0.4 is 5.32 Å². The average molecular weight is 666 g/mol. The Kier molecular flexibility index (Phi) is 35.2. The lowest BCUT2D eigenvalue weighted by atomic mass is 10.00. The summed E-state index contributed by atoms with van der Waals surface area (Å²) >= 11 is 0. The van der Waals surface area contributed by atoms with Crippen molar-refractivity contribution in [3.05, 3.63) is 24.3 Å². The third kappa shape index (κ3) is 30.6. The smallest absolute Gasteiger partial charge is 0.249 e. The minimum Gasteiger partial charge on any atom is -0.394 e. The molecular weight excluding hydrogens is 586 g/mol. The molecule has 0 aromatic heterocycles. The van der Waals surface area contributed by atoms with Crippen molar-refractivity contribution in [2.24, 2.45) is 0 Å². The molecule has 4 unspecified atom stereocenters. The number of hydrogen-bond acceptors (Lipinski definition) is 5. The molecule has 0 fully saturated rings. The summed E-state index contributed by atoms with van der Waals surface area (Å²) in [7, 11) is 0. The lowest BCUT2D eigenvalue weighted by Crippen LogP contribution is -2.53. The van der Waals surface area contributed by atoms with Crippen molar-refractivity contribution >= 4 is 5.91 Å². The Hall–Kier alpha value is -1.21. The fourth-order valence-corrected chi connectivity index (χ4v) is 6.12. The van der Waals surface area contributed by atoms with E-state index in [0.29, 0.717) is 19.3 Å². The molecule has 5 N–H and O–H groups in total. The molecule has 0 aliphatic rings. The predicted octanol–water partition coefficient (Wildman–Crippen LogP) is 10.0. The van der Waals surface area contributed by atoms with Gasteiger partial charge in [-0.25, -0.2) is 0 Å². The summed E-state index contributed by atoms with van der Waals surface area (Å²) in [6.45, 7) is 4.01. The molecule has 0 rings (SSSR count). The number of aliphatic hydroxyl groups is 4. The third-order valence-electron chi connectivity index (χ3n) is 9.39. The van der Waals surface area contributed by atoms with Crippen LogP contribution in [0.15, 0.2) is 24.3 Å². The number of amides is 1. The number of allylic oxidation sites excluding steroid dienone is 4. The molecule has 278 valence electrons. The van der Waals surface area contributed by atoms with Gasteiger partial charge in [-0.15, -0.1) is 0 Å². The van der Waals surface area contributed by atoms with Crippen LogP contribution in [0.25, 0.3) is 0 Å². The van der Waals surface area contributed by atoms with Crippen LogP contribution in [0.4, 0.5) is 0 Å². The normalized spacial score (nSPS) is 14.6. The molecule has 0 heterocycles. The first-order chi connectivity index (χ1) is 23.0. The van der Waals surface area contributed by atoms with Crippen molar-refractivity contribution in [3.63, 3.8) is 0 Å². The highest BCUT2D eigenvalue weighted by Crippen LogP contribution is 2.15. The van der Waals surface area contributed by atoms with E-state index in [1.807, 2.05) is 0 Å². The van der Waals surface area contributed by atoms with Gasteiger partial charge in [0.15, 0.2) is 0 Å². The fourth-order valence-electron chi connectivity index (χ4n) is 6.12. The van der Waals surface area contributed by atoms with Crippen molar-refractivity contribution in [1.82, 2.24) is 5.32 Å². The summed E-state index contributed by atoms with van der Waals surface area (Å²) in [6, 6.07) is -1.00. The van der Waals surface area contributed by atoms with E-state index in [-0.39, 0.29) is 0 Å². The number of rotatable bonds is 36. The molecule has 0 saturated carbocycles. The molecule has 0 bridgehead atoms. The Morgan fingerprint density at radius 2 is 0.894 bits per heavy atom. The first-order valence-electron chi connectivity index (χ1n) is 20.2. The van der Waals surface area contributed by atoms with E-state index in [0.717, 1.165) is 38.5 Å². The van der Waals surface area contributed by atoms with E-state index in [2.05, 4.69) is 43.5 Å². The van der Waals surface area contributed by atoms with Gasteiger partial charge in [0.2, 0.25) is 5.91 Å². The number of carbonyl (C=O) groups excluding carboxylic acids is 1. The summed E-state index contributed by atoms with van der Waals surface area (Å²) in [4.78, 5) is 12.5. The monoisotopic (exact) mass is 666 g/mol. The van der Waals surface area contributed by atoms with Gasteiger partial charge in [0.05, 0.1) is 18.8 Å². The Bertz CT molecular complexity index is 712. The van der Waals surface area contributed by atoms with Gasteiger partial charge in [-0.2, -0.15) is 0 Å². The molecule has 0 aromatic rings. The van der Waals surface area contributed by atoms with Crippen LogP contribution in [0.3, 0.4) is 0 Å². The van der Waals surface area contributed by atoms with E-state index >= 15 is 0 Å². The lowest BCUT2D eigenvalue weighted by Gasteiger charge is -2.27. The Labute approximate surface area is 291 Å². The molecular formula is C41H79NO5. The van der Waals surface area contributed by atoms with Crippen molar-refractivity contribution in [1.29, 1.82) is 0 Å². The minimum absolute atomic E-state index is 0.363. The highest BCUT2D eigenvalue weighted by molar-refractivity contribution is 5.80. The molecule has 0 spiro atoms. The first-order valence-corrected chi connectivity index (χ1v) is 20.2. The summed E-state index contributed by atoms with van der Waals surface area (Å²) in [5, 5.41) is 43.5. The van der Waals surface area contributed by atoms with Crippen LogP contribution in [-0.4, -0.2) is 57.3 Å². The Morgan fingerprint density at radius 3 is 1.34 bits per heavy atom. The molecule has 0 radical (unpaired) electrons. The molecule has 0 aliphatic heterocycles. The zero-order valence-electron chi connectivity index (χ0n) is 31.0. The second kappa shape index (κ2) is 36.1.